The van der Waals surface area contributed by atoms with Crippen LogP contribution in [0.2, 0.25) is 5.02 Å². The Morgan fingerprint density at radius 1 is 1.38 bits per heavy atom. The summed E-state index contributed by atoms with van der Waals surface area (Å²) in [6.07, 6.45) is 2.02. The fraction of sp³-hybridized carbons (Fsp3) is 0.632. The van der Waals surface area contributed by atoms with Crippen LogP contribution in [-0.4, -0.2) is 23.3 Å². The highest BCUT2D eigenvalue weighted by Crippen LogP contribution is 2.33. The number of benzene rings is 1. The Labute approximate surface area is 149 Å². The maximum atomic E-state index is 12.2. The smallest absolute Gasteiger partial charge is 0.429 e. The van der Waals surface area contributed by atoms with Gasteiger partial charge in [-0.25, -0.2) is 4.79 Å². The molecule has 2 atom stereocenters. The number of rotatable bonds is 3. The van der Waals surface area contributed by atoms with Crippen LogP contribution in [-0.2, 0) is 9.47 Å². The molecule has 1 heterocycles. The van der Waals surface area contributed by atoms with E-state index in [-0.39, 0.29) is 11.6 Å². The van der Waals surface area contributed by atoms with Gasteiger partial charge in [-0.1, -0.05) is 23.7 Å². The topological polar surface area (TPSA) is 47.6 Å². The van der Waals surface area contributed by atoms with Crippen LogP contribution in [0.15, 0.2) is 24.3 Å². The maximum Gasteiger partial charge on any atom is 0.509 e. The number of hydrogen-bond donors (Lipinski definition) is 1. The van der Waals surface area contributed by atoms with Crippen LogP contribution in [0, 0.1) is 0 Å². The van der Waals surface area contributed by atoms with E-state index >= 15 is 0 Å². The van der Waals surface area contributed by atoms with Gasteiger partial charge in [0.05, 0.1) is 0 Å². The lowest BCUT2D eigenvalue weighted by Crippen LogP contribution is -2.52. The lowest BCUT2D eigenvalue weighted by Gasteiger charge is -2.40. The summed E-state index contributed by atoms with van der Waals surface area (Å²) in [4.78, 5) is 12.2. The molecule has 1 aliphatic rings. The Hall–Kier alpha value is -1.26. The van der Waals surface area contributed by atoms with E-state index in [1.807, 2.05) is 45.0 Å². The summed E-state index contributed by atoms with van der Waals surface area (Å²) in [6.45, 7) is 9.81. The lowest BCUT2D eigenvalue weighted by molar-refractivity contribution is -0.0410. The van der Waals surface area contributed by atoms with Crippen LogP contribution in [0.5, 0.6) is 0 Å². The van der Waals surface area contributed by atoms with Gasteiger partial charge >= 0.3 is 6.16 Å². The van der Waals surface area contributed by atoms with E-state index in [2.05, 4.69) is 19.2 Å². The van der Waals surface area contributed by atoms with E-state index in [4.69, 9.17) is 21.1 Å². The van der Waals surface area contributed by atoms with Crippen molar-refractivity contribution in [1.29, 1.82) is 0 Å². The van der Waals surface area contributed by atoms with Crippen LogP contribution in [0.3, 0.4) is 0 Å². The number of ether oxygens (including phenoxy) is 2. The van der Waals surface area contributed by atoms with Gasteiger partial charge in [0.15, 0.2) is 0 Å². The zero-order valence-electron chi connectivity index (χ0n) is 15.2. The molecule has 5 heteroatoms. The maximum absolute atomic E-state index is 12.2. The summed E-state index contributed by atoms with van der Waals surface area (Å²) in [6, 6.07) is 7.49. The lowest BCUT2D eigenvalue weighted by atomic mass is 9.85. The molecule has 0 saturated carbocycles. The van der Waals surface area contributed by atoms with Crippen molar-refractivity contribution < 1.29 is 14.3 Å². The molecule has 0 aliphatic carbocycles. The summed E-state index contributed by atoms with van der Waals surface area (Å²) in [5, 5.41) is 4.23. The van der Waals surface area contributed by atoms with Gasteiger partial charge < -0.3 is 14.8 Å². The first-order valence-electron chi connectivity index (χ1n) is 8.49. The predicted octanol–water partition coefficient (Wildman–Crippen LogP) is 5.25. The molecule has 0 aromatic heterocycles. The molecule has 1 aromatic rings. The molecule has 1 fully saturated rings. The number of piperidine rings is 1. The SMILES string of the molecule is CC1(C)CCC[C@H]([C@H](OC(=O)OC(C)(C)C)c2cccc(Cl)c2)N1. The molecule has 0 radical (unpaired) electrons. The zero-order chi connectivity index (χ0) is 18.0. The van der Waals surface area contributed by atoms with Crippen molar-refractivity contribution in [3.8, 4) is 0 Å². The molecule has 134 valence electrons. The van der Waals surface area contributed by atoms with Crippen LogP contribution in [0.1, 0.15) is 65.5 Å². The first-order valence-corrected chi connectivity index (χ1v) is 8.86. The Morgan fingerprint density at radius 3 is 2.67 bits per heavy atom. The highest BCUT2D eigenvalue weighted by molar-refractivity contribution is 6.30. The Bertz CT molecular complexity index is 580. The highest BCUT2D eigenvalue weighted by atomic mass is 35.5. The molecule has 0 bridgehead atoms. The largest absolute Gasteiger partial charge is 0.509 e. The zero-order valence-corrected chi connectivity index (χ0v) is 15.9. The second-order valence-corrected chi connectivity index (χ2v) is 8.52. The summed E-state index contributed by atoms with van der Waals surface area (Å²) < 4.78 is 11.1. The molecule has 4 nitrogen and oxygen atoms in total. The fourth-order valence-electron chi connectivity index (χ4n) is 3.08. The van der Waals surface area contributed by atoms with Gasteiger partial charge in [0.1, 0.15) is 11.7 Å². The van der Waals surface area contributed by atoms with E-state index in [9.17, 15) is 4.79 Å². The monoisotopic (exact) mass is 353 g/mol. The minimum Gasteiger partial charge on any atom is -0.429 e. The second-order valence-electron chi connectivity index (χ2n) is 8.08. The highest BCUT2D eigenvalue weighted by Gasteiger charge is 2.35. The van der Waals surface area contributed by atoms with E-state index in [0.717, 1.165) is 24.8 Å². The van der Waals surface area contributed by atoms with Crippen LogP contribution in [0.4, 0.5) is 4.79 Å². The Morgan fingerprint density at radius 2 is 2.08 bits per heavy atom. The van der Waals surface area contributed by atoms with E-state index < -0.39 is 17.9 Å². The van der Waals surface area contributed by atoms with E-state index in [1.165, 1.54) is 0 Å². The minimum absolute atomic E-state index is 0.0109. The average molecular weight is 354 g/mol. The number of nitrogens with one attached hydrogen (secondary N) is 1. The molecular weight excluding hydrogens is 326 g/mol. The van der Waals surface area contributed by atoms with Gasteiger partial charge in [0.25, 0.3) is 0 Å². The number of carbonyl (C=O) groups excluding carboxylic acids is 1. The summed E-state index contributed by atoms with van der Waals surface area (Å²) in [7, 11) is 0. The number of carbonyl (C=O) groups is 1. The second kappa shape index (κ2) is 7.32. The van der Waals surface area contributed by atoms with Crippen LogP contribution >= 0.6 is 11.6 Å². The van der Waals surface area contributed by atoms with Crippen molar-refractivity contribution >= 4 is 17.8 Å². The van der Waals surface area contributed by atoms with Crippen LogP contribution < -0.4 is 5.32 Å². The third kappa shape index (κ3) is 5.67. The Balaban J connectivity index is 2.23. The summed E-state index contributed by atoms with van der Waals surface area (Å²) in [5.74, 6) is 0. The predicted molar refractivity (Wildman–Crippen MR) is 96.4 cm³/mol. The molecule has 0 amide bonds. The molecule has 1 N–H and O–H groups in total. The standard InChI is InChI=1S/C19H28ClNO3/c1-18(2,3)24-17(22)23-16(13-8-6-9-14(20)12-13)15-10-7-11-19(4,5)21-15/h6,8-9,12,15-16,21H,7,10-11H2,1-5H3/t15-,16-/m1/s1. The molecule has 1 aromatic carbocycles. The molecule has 0 spiro atoms. The molecule has 1 saturated heterocycles. The van der Waals surface area contributed by atoms with Crippen molar-refractivity contribution in [2.45, 2.75) is 77.2 Å². The average Bonchev–Trinajstić information content (AvgIpc) is 2.41. The van der Waals surface area contributed by atoms with E-state index in [0.29, 0.717) is 5.02 Å². The number of halogens is 1. The van der Waals surface area contributed by atoms with Gasteiger partial charge in [0.2, 0.25) is 0 Å². The van der Waals surface area contributed by atoms with Crippen molar-refractivity contribution in [2.24, 2.45) is 0 Å². The van der Waals surface area contributed by atoms with Crippen LogP contribution in [0.25, 0.3) is 0 Å². The normalized spacial score (nSPS) is 21.8. The van der Waals surface area contributed by atoms with Gasteiger partial charge in [0, 0.05) is 16.6 Å². The van der Waals surface area contributed by atoms with Crippen molar-refractivity contribution in [3.63, 3.8) is 0 Å². The molecule has 24 heavy (non-hydrogen) atoms. The minimum atomic E-state index is -0.655. The molecule has 2 rings (SSSR count). The van der Waals surface area contributed by atoms with Gasteiger partial charge in [-0.2, -0.15) is 0 Å². The van der Waals surface area contributed by atoms with Gasteiger partial charge in [-0.05, 0) is 71.6 Å². The van der Waals surface area contributed by atoms with Gasteiger partial charge in [-0.3, -0.25) is 0 Å². The van der Waals surface area contributed by atoms with Crippen molar-refractivity contribution in [3.05, 3.63) is 34.9 Å². The first-order chi connectivity index (χ1) is 11.1. The van der Waals surface area contributed by atoms with Gasteiger partial charge in [-0.15, -0.1) is 0 Å². The Kier molecular flexibility index (Phi) is 5.82. The third-order valence-corrected chi connectivity index (χ3v) is 4.28. The molecule has 1 aliphatic heterocycles. The summed E-state index contributed by atoms with van der Waals surface area (Å²) in [5.41, 5.74) is 0.301. The molecular formula is C19H28ClNO3. The number of hydrogen-bond acceptors (Lipinski definition) is 4. The van der Waals surface area contributed by atoms with E-state index in [1.54, 1.807) is 0 Å². The van der Waals surface area contributed by atoms with Crippen molar-refractivity contribution in [1.82, 2.24) is 5.32 Å². The summed E-state index contributed by atoms with van der Waals surface area (Å²) >= 11 is 6.13. The first kappa shape index (κ1) is 19.1. The third-order valence-electron chi connectivity index (χ3n) is 4.05. The molecule has 0 unspecified atom stereocenters. The van der Waals surface area contributed by atoms with Crippen molar-refractivity contribution in [2.75, 3.05) is 0 Å². The fourth-order valence-corrected chi connectivity index (χ4v) is 3.28. The quantitative estimate of drug-likeness (QED) is 0.753.